The third-order valence-corrected chi connectivity index (χ3v) is 8.54. The number of H-pyrrole nitrogens is 1. The number of benzene rings is 3. The molecule has 2 aliphatic heterocycles. The fourth-order valence-electron chi connectivity index (χ4n) is 6.32. The van der Waals surface area contributed by atoms with E-state index in [1.807, 2.05) is 6.07 Å². The molecule has 5 aromatic rings. The summed E-state index contributed by atoms with van der Waals surface area (Å²) in [7, 11) is 1.36. The second-order valence-electron chi connectivity index (χ2n) is 9.86. The summed E-state index contributed by atoms with van der Waals surface area (Å²) in [6, 6.07) is 10.5. The number of ether oxygens (including phenoxy) is 2. The smallest absolute Gasteiger partial charge is 0.254 e. The summed E-state index contributed by atoms with van der Waals surface area (Å²) in [6.07, 6.45) is -7.39. The van der Waals surface area contributed by atoms with Gasteiger partial charge in [0.05, 0.1) is 44.3 Å². The average molecular weight is 572 g/mol. The minimum absolute atomic E-state index is 0.301. The molecule has 12 heteroatoms. The first kappa shape index (κ1) is 25.1. The molecule has 1 fully saturated rings. The van der Waals surface area contributed by atoms with Gasteiger partial charge < -0.3 is 44.8 Å². The van der Waals surface area contributed by atoms with Gasteiger partial charge >= 0.3 is 0 Å². The molecule has 2 aliphatic rings. The predicted molar refractivity (Wildman–Crippen MR) is 145 cm³/mol. The molecule has 202 valence electrons. The zero-order chi connectivity index (χ0) is 27.3. The van der Waals surface area contributed by atoms with Crippen LogP contribution >= 0.6 is 23.2 Å². The molecule has 2 aromatic heterocycles. The maximum Gasteiger partial charge on any atom is 0.254 e. The number of fused-ring (bicyclic) bond motifs is 10. The quantitative estimate of drug-likeness (QED) is 0.195. The molecule has 1 amide bonds. The van der Waals surface area contributed by atoms with Crippen molar-refractivity contribution in [3.05, 3.63) is 57.6 Å². The lowest BCUT2D eigenvalue weighted by Gasteiger charge is -2.42. The van der Waals surface area contributed by atoms with Crippen LogP contribution in [0.4, 0.5) is 0 Å². The molecule has 6 unspecified atom stereocenters. The van der Waals surface area contributed by atoms with Crippen LogP contribution in [0.25, 0.3) is 43.6 Å². The fraction of sp³-hybridized carbons (Fsp3) is 0.296. The van der Waals surface area contributed by atoms with Gasteiger partial charge in [0.1, 0.15) is 24.4 Å². The summed E-state index contributed by atoms with van der Waals surface area (Å²) in [6.45, 7) is -0.479. The predicted octanol–water partition coefficient (Wildman–Crippen LogP) is 3.10. The van der Waals surface area contributed by atoms with Gasteiger partial charge in [-0.05, 0) is 12.1 Å². The van der Waals surface area contributed by atoms with E-state index in [0.29, 0.717) is 64.8 Å². The van der Waals surface area contributed by atoms with Gasteiger partial charge in [0.15, 0.2) is 12.5 Å². The van der Waals surface area contributed by atoms with Crippen molar-refractivity contribution < 1.29 is 34.7 Å². The van der Waals surface area contributed by atoms with Crippen LogP contribution in [0.5, 0.6) is 0 Å². The maximum absolute atomic E-state index is 13.2. The van der Waals surface area contributed by atoms with Crippen LogP contribution in [-0.4, -0.2) is 74.0 Å². The normalized spacial score (nSPS) is 27.2. The number of para-hydroxylation sites is 2. The number of carbonyl (C=O) groups excluding carboxylic acids is 1. The van der Waals surface area contributed by atoms with E-state index in [1.54, 1.807) is 34.9 Å². The lowest BCUT2D eigenvalue weighted by Crippen LogP contribution is -2.57. The first-order chi connectivity index (χ1) is 18.8. The number of halogens is 2. The second kappa shape index (κ2) is 8.79. The number of aliphatic hydroxyl groups excluding tert-OH is 4. The molecule has 0 radical (unpaired) electrons. The molecule has 6 N–H and O–H groups in total. The Morgan fingerprint density at radius 1 is 0.974 bits per heavy atom. The molecule has 0 spiro atoms. The first-order valence-electron chi connectivity index (χ1n) is 12.3. The number of hydrogen-bond acceptors (Lipinski definition) is 7. The van der Waals surface area contributed by atoms with Gasteiger partial charge in [0.25, 0.3) is 5.91 Å². The summed E-state index contributed by atoms with van der Waals surface area (Å²) >= 11 is 13.3. The van der Waals surface area contributed by atoms with Crippen molar-refractivity contribution in [3.63, 3.8) is 0 Å². The Kier molecular flexibility index (Phi) is 5.65. The van der Waals surface area contributed by atoms with Crippen LogP contribution in [0.15, 0.2) is 36.4 Å². The maximum atomic E-state index is 13.2. The SMILES string of the molecule is COC1C(CO)OC(n2c3c(Cl)cccc3c3c4c(c5c6cccc(Cl)c6[nH]c5c32)C(=O)NC4O)C(O)C1O. The van der Waals surface area contributed by atoms with Gasteiger partial charge in [-0.15, -0.1) is 0 Å². The molecule has 3 aromatic carbocycles. The number of amides is 1. The monoisotopic (exact) mass is 571 g/mol. The highest BCUT2D eigenvalue weighted by atomic mass is 35.5. The molecule has 7 rings (SSSR count). The van der Waals surface area contributed by atoms with Crippen LogP contribution in [-0.2, 0) is 9.47 Å². The van der Waals surface area contributed by atoms with Crippen LogP contribution in [0, 0.1) is 0 Å². The summed E-state index contributed by atoms with van der Waals surface area (Å²) in [4.78, 5) is 16.6. The van der Waals surface area contributed by atoms with E-state index in [2.05, 4.69) is 10.3 Å². The van der Waals surface area contributed by atoms with Gasteiger partial charge in [-0.25, -0.2) is 0 Å². The molecule has 0 aliphatic carbocycles. The van der Waals surface area contributed by atoms with Crippen molar-refractivity contribution in [1.29, 1.82) is 0 Å². The van der Waals surface area contributed by atoms with E-state index < -0.39 is 49.4 Å². The zero-order valence-corrected chi connectivity index (χ0v) is 21.9. The van der Waals surface area contributed by atoms with E-state index in [9.17, 15) is 25.2 Å². The van der Waals surface area contributed by atoms with Crippen LogP contribution in [0.2, 0.25) is 10.0 Å². The molecule has 39 heavy (non-hydrogen) atoms. The Balaban J connectivity index is 1.70. The number of carbonyl (C=O) groups is 1. The number of hydrogen-bond donors (Lipinski definition) is 6. The molecule has 0 bridgehead atoms. The van der Waals surface area contributed by atoms with Crippen molar-refractivity contribution in [3.8, 4) is 0 Å². The zero-order valence-electron chi connectivity index (χ0n) is 20.4. The molecular formula is C27H23Cl2N3O7. The van der Waals surface area contributed by atoms with Gasteiger partial charge in [0.2, 0.25) is 0 Å². The summed E-state index contributed by atoms with van der Waals surface area (Å²) < 4.78 is 13.2. The third-order valence-electron chi connectivity index (χ3n) is 7.92. The van der Waals surface area contributed by atoms with Crippen molar-refractivity contribution in [1.82, 2.24) is 14.9 Å². The Labute approximate surface area is 230 Å². The van der Waals surface area contributed by atoms with Crippen molar-refractivity contribution in [2.75, 3.05) is 13.7 Å². The van der Waals surface area contributed by atoms with E-state index in [-0.39, 0.29) is 0 Å². The first-order valence-corrected chi connectivity index (χ1v) is 13.1. The third kappa shape index (κ3) is 3.22. The second-order valence-corrected chi connectivity index (χ2v) is 10.7. The van der Waals surface area contributed by atoms with Gasteiger partial charge in [-0.1, -0.05) is 47.5 Å². The Morgan fingerprint density at radius 3 is 2.41 bits per heavy atom. The highest BCUT2D eigenvalue weighted by molar-refractivity contribution is 6.40. The molecule has 4 heterocycles. The number of aliphatic hydroxyl groups is 4. The number of methoxy groups -OCH3 is 1. The van der Waals surface area contributed by atoms with Crippen molar-refractivity contribution >= 4 is 72.7 Å². The van der Waals surface area contributed by atoms with Gasteiger partial charge in [-0.2, -0.15) is 0 Å². The summed E-state index contributed by atoms with van der Waals surface area (Å²) in [5, 5.41) is 49.1. The van der Waals surface area contributed by atoms with Gasteiger partial charge in [0, 0.05) is 34.2 Å². The Hall–Kier alpha value is -2.93. The minimum Gasteiger partial charge on any atom is -0.394 e. The molecule has 6 atom stereocenters. The summed E-state index contributed by atoms with van der Waals surface area (Å²) in [5.41, 5.74) is 2.66. The fourth-order valence-corrected chi connectivity index (χ4v) is 6.81. The lowest BCUT2D eigenvalue weighted by atomic mass is 9.96. The standard InChI is InChI=1S/C27H23Cl2N3O7/c1-38-24-13(8-33)39-27(23(35)22(24)34)32-20-10(5-3-7-12(20)29)15-17-16(25(36)31-26(17)37)14-9-4-2-6-11(28)18(9)30-19(14)21(15)32/h2-7,13,22-24,26-27,30,33-35,37H,8H2,1H3,(H,31,36). The van der Waals surface area contributed by atoms with Gasteiger partial charge in [-0.3, -0.25) is 4.79 Å². The number of aromatic amines is 1. The Morgan fingerprint density at radius 2 is 1.69 bits per heavy atom. The van der Waals surface area contributed by atoms with E-state index in [1.165, 1.54) is 7.11 Å². The topological polar surface area (TPSA) is 149 Å². The van der Waals surface area contributed by atoms with E-state index in [4.69, 9.17) is 32.7 Å². The highest BCUT2D eigenvalue weighted by Crippen LogP contribution is 2.49. The minimum atomic E-state index is -1.49. The molecule has 10 nitrogen and oxygen atoms in total. The number of nitrogens with zero attached hydrogens (tertiary/aromatic N) is 1. The molecule has 1 saturated heterocycles. The molecule has 0 saturated carbocycles. The molecular weight excluding hydrogens is 549 g/mol. The Bertz CT molecular complexity index is 1830. The number of nitrogens with one attached hydrogen (secondary N) is 2. The van der Waals surface area contributed by atoms with Crippen LogP contribution < -0.4 is 5.32 Å². The van der Waals surface area contributed by atoms with Crippen LogP contribution in [0.3, 0.4) is 0 Å². The largest absolute Gasteiger partial charge is 0.394 e. The van der Waals surface area contributed by atoms with Crippen LogP contribution in [0.1, 0.15) is 28.4 Å². The van der Waals surface area contributed by atoms with E-state index in [0.717, 1.165) is 0 Å². The number of aromatic nitrogens is 2. The van der Waals surface area contributed by atoms with E-state index >= 15 is 0 Å². The number of rotatable bonds is 3. The lowest BCUT2D eigenvalue weighted by molar-refractivity contribution is -0.255. The van der Waals surface area contributed by atoms with Crippen molar-refractivity contribution in [2.24, 2.45) is 0 Å². The highest BCUT2D eigenvalue weighted by Gasteiger charge is 2.47. The summed E-state index contributed by atoms with van der Waals surface area (Å²) in [5.74, 6) is -0.444. The van der Waals surface area contributed by atoms with Crippen molar-refractivity contribution in [2.45, 2.75) is 36.9 Å². The average Bonchev–Trinajstić information content (AvgIpc) is 3.56.